The lowest BCUT2D eigenvalue weighted by Gasteiger charge is -2.09. The summed E-state index contributed by atoms with van der Waals surface area (Å²) < 4.78 is 37.9. The number of carbonyl (C=O) groups excluding carboxylic acids is 1. The molecule has 3 N–H and O–H groups in total. The van der Waals surface area contributed by atoms with E-state index in [0.29, 0.717) is 23.8 Å². The Morgan fingerprint density at radius 1 is 1.25 bits per heavy atom. The highest BCUT2D eigenvalue weighted by Gasteiger charge is 2.31. The van der Waals surface area contributed by atoms with E-state index in [9.17, 15) is 27.6 Å². The van der Waals surface area contributed by atoms with Crippen molar-refractivity contribution in [3.8, 4) is 0 Å². The number of carbonyl (C=O) groups is 1. The molecule has 0 atom stereocenters. The van der Waals surface area contributed by atoms with Gasteiger partial charge in [0.2, 0.25) is 5.91 Å². The molecule has 0 radical (unpaired) electrons. The number of halogens is 3. The van der Waals surface area contributed by atoms with E-state index in [1.54, 1.807) is 6.92 Å². The second-order valence-electron chi connectivity index (χ2n) is 5.07. The summed E-state index contributed by atoms with van der Waals surface area (Å²) in [4.78, 5) is 43.7. The van der Waals surface area contributed by atoms with Crippen LogP contribution in [0.15, 0.2) is 21.9 Å². The van der Waals surface area contributed by atoms with E-state index in [2.05, 4.69) is 15.3 Å². The molecule has 0 fully saturated rings. The molecule has 10 heteroatoms. The van der Waals surface area contributed by atoms with Gasteiger partial charge >= 0.3 is 6.18 Å². The van der Waals surface area contributed by atoms with Crippen molar-refractivity contribution in [3.05, 3.63) is 55.6 Å². The summed E-state index contributed by atoms with van der Waals surface area (Å²) in [5, 5.41) is 2.08. The number of amides is 1. The van der Waals surface area contributed by atoms with E-state index < -0.39 is 40.9 Å². The van der Waals surface area contributed by atoms with E-state index in [1.807, 2.05) is 4.98 Å². The van der Waals surface area contributed by atoms with Gasteiger partial charge in [0.05, 0.1) is 12.0 Å². The Balaban J connectivity index is 2.25. The summed E-state index contributed by atoms with van der Waals surface area (Å²) in [5.74, 6) is -0.435. The maximum absolute atomic E-state index is 12.6. The lowest BCUT2D eigenvalue weighted by atomic mass is 10.1. The van der Waals surface area contributed by atoms with Gasteiger partial charge in [-0.3, -0.25) is 14.4 Å². The minimum absolute atomic E-state index is 0.0708. The standard InChI is InChI=1S/C14H13F3N4O3/c1-6-9(12(23)20-7(2)19-6)4-11(22)21-10-3-8(14(15,16)17)5-18-13(10)24/h3,5H,4H2,1-2H3,(H,18,24)(H,21,22)(H,19,20,23). The first-order chi connectivity index (χ1) is 11.1. The molecular weight excluding hydrogens is 329 g/mol. The highest BCUT2D eigenvalue weighted by atomic mass is 19.4. The van der Waals surface area contributed by atoms with Crippen molar-refractivity contribution in [2.24, 2.45) is 0 Å². The van der Waals surface area contributed by atoms with Crippen LogP contribution < -0.4 is 16.4 Å². The largest absolute Gasteiger partial charge is 0.417 e. The molecular formula is C14H13F3N4O3. The topological polar surface area (TPSA) is 108 Å². The average Bonchev–Trinajstić information content (AvgIpc) is 2.44. The molecule has 2 rings (SSSR count). The smallest absolute Gasteiger partial charge is 0.327 e. The maximum Gasteiger partial charge on any atom is 0.417 e. The predicted molar refractivity (Wildman–Crippen MR) is 78.7 cm³/mol. The Bertz CT molecular complexity index is 899. The first-order valence-electron chi connectivity index (χ1n) is 6.74. The summed E-state index contributed by atoms with van der Waals surface area (Å²) in [6.07, 6.45) is -4.58. The molecule has 0 aliphatic rings. The van der Waals surface area contributed by atoms with Crippen LogP contribution in [0.3, 0.4) is 0 Å². The fourth-order valence-corrected chi connectivity index (χ4v) is 2.05. The normalized spacial score (nSPS) is 11.4. The Hall–Kier alpha value is -2.91. The number of rotatable bonds is 3. The number of aromatic nitrogens is 3. The van der Waals surface area contributed by atoms with Gasteiger partial charge in [0.1, 0.15) is 11.5 Å². The molecule has 2 aromatic heterocycles. The summed E-state index contributed by atoms with van der Waals surface area (Å²) in [6.45, 7) is 3.10. The molecule has 2 heterocycles. The molecule has 0 unspecified atom stereocenters. The Morgan fingerprint density at radius 2 is 1.92 bits per heavy atom. The van der Waals surface area contributed by atoms with Crippen LogP contribution in [0.4, 0.5) is 18.9 Å². The molecule has 0 bridgehead atoms. The Morgan fingerprint density at radius 3 is 2.50 bits per heavy atom. The maximum atomic E-state index is 12.6. The van der Waals surface area contributed by atoms with E-state index >= 15 is 0 Å². The highest BCUT2D eigenvalue weighted by molar-refractivity contribution is 5.92. The van der Waals surface area contributed by atoms with Gasteiger partial charge in [0.15, 0.2) is 0 Å². The molecule has 24 heavy (non-hydrogen) atoms. The highest BCUT2D eigenvalue weighted by Crippen LogP contribution is 2.29. The number of aryl methyl sites for hydroxylation is 2. The van der Waals surface area contributed by atoms with Gasteiger partial charge in [-0.25, -0.2) is 4.98 Å². The van der Waals surface area contributed by atoms with E-state index in [-0.39, 0.29) is 5.56 Å². The van der Waals surface area contributed by atoms with Crippen LogP contribution in [0.1, 0.15) is 22.6 Å². The van der Waals surface area contributed by atoms with Crippen LogP contribution in [-0.4, -0.2) is 20.9 Å². The lowest BCUT2D eigenvalue weighted by molar-refractivity contribution is -0.137. The molecule has 1 amide bonds. The molecule has 0 aliphatic carbocycles. The predicted octanol–water partition coefficient (Wildman–Crippen LogP) is 1.28. The van der Waals surface area contributed by atoms with Crippen LogP contribution in [0.25, 0.3) is 0 Å². The van der Waals surface area contributed by atoms with Crippen LogP contribution in [0, 0.1) is 13.8 Å². The van der Waals surface area contributed by atoms with Crippen molar-refractivity contribution in [1.29, 1.82) is 0 Å². The van der Waals surface area contributed by atoms with Crippen molar-refractivity contribution in [2.45, 2.75) is 26.4 Å². The van der Waals surface area contributed by atoms with E-state index in [0.717, 1.165) is 0 Å². The van der Waals surface area contributed by atoms with Gasteiger partial charge in [-0.05, 0) is 19.9 Å². The van der Waals surface area contributed by atoms with Gasteiger partial charge in [0, 0.05) is 17.5 Å². The minimum atomic E-state index is -4.67. The molecule has 128 valence electrons. The van der Waals surface area contributed by atoms with Crippen LogP contribution in [0.5, 0.6) is 0 Å². The number of anilines is 1. The fourth-order valence-electron chi connectivity index (χ4n) is 2.05. The molecule has 0 aliphatic heterocycles. The number of pyridine rings is 1. The van der Waals surface area contributed by atoms with Gasteiger partial charge in [-0.2, -0.15) is 13.2 Å². The van der Waals surface area contributed by atoms with Crippen LogP contribution >= 0.6 is 0 Å². The summed E-state index contributed by atoms with van der Waals surface area (Å²) >= 11 is 0. The van der Waals surface area contributed by atoms with Crippen LogP contribution in [0.2, 0.25) is 0 Å². The van der Waals surface area contributed by atoms with Crippen molar-refractivity contribution in [1.82, 2.24) is 15.0 Å². The van der Waals surface area contributed by atoms with E-state index in [1.165, 1.54) is 6.92 Å². The van der Waals surface area contributed by atoms with Gasteiger partial charge < -0.3 is 15.3 Å². The number of nitrogens with zero attached hydrogens (tertiary/aromatic N) is 1. The fraction of sp³-hybridized carbons (Fsp3) is 0.286. The first-order valence-corrected chi connectivity index (χ1v) is 6.74. The summed E-state index contributed by atoms with van der Waals surface area (Å²) in [5.41, 5.74) is -2.67. The van der Waals surface area contributed by atoms with Crippen molar-refractivity contribution in [3.63, 3.8) is 0 Å². The van der Waals surface area contributed by atoms with E-state index in [4.69, 9.17) is 0 Å². The van der Waals surface area contributed by atoms with Crippen molar-refractivity contribution >= 4 is 11.6 Å². The summed E-state index contributed by atoms with van der Waals surface area (Å²) in [6, 6.07) is 0.529. The second kappa shape index (κ2) is 6.30. The first kappa shape index (κ1) is 17.4. The van der Waals surface area contributed by atoms with Crippen molar-refractivity contribution < 1.29 is 18.0 Å². The summed E-state index contributed by atoms with van der Waals surface area (Å²) in [7, 11) is 0. The number of hydrogen-bond donors (Lipinski definition) is 3. The molecule has 0 aromatic carbocycles. The molecule has 7 nitrogen and oxygen atoms in total. The molecule has 0 spiro atoms. The number of alkyl halides is 3. The van der Waals surface area contributed by atoms with Gasteiger partial charge in [-0.1, -0.05) is 0 Å². The molecule has 0 saturated heterocycles. The van der Waals surface area contributed by atoms with Gasteiger partial charge in [-0.15, -0.1) is 0 Å². The quantitative estimate of drug-likeness (QED) is 0.781. The number of nitrogens with one attached hydrogen (secondary N) is 3. The third-order valence-electron chi connectivity index (χ3n) is 3.18. The third-order valence-corrected chi connectivity index (χ3v) is 3.18. The zero-order valence-corrected chi connectivity index (χ0v) is 12.7. The minimum Gasteiger partial charge on any atom is -0.327 e. The number of H-pyrrole nitrogens is 2. The lowest BCUT2D eigenvalue weighted by Crippen LogP contribution is -2.26. The SMILES string of the molecule is Cc1nc(C)c(CC(=O)Nc2cc(C(F)(F)F)c[nH]c2=O)c(=O)[nH]1. The Labute approximate surface area is 133 Å². The van der Waals surface area contributed by atoms with Gasteiger partial charge in [0.25, 0.3) is 11.1 Å². The number of aromatic amines is 2. The zero-order valence-electron chi connectivity index (χ0n) is 12.7. The Kier molecular flexibility index (Phi) is 4.58. The molecule has 0 saturated carbocycles. The average molecular weight is 342 g/mol. The molecule has 2 aromatic rings. The number of hydrogen-bond acceptors (Lipinski definition) is 4. The zero-order chi connectivity index (χ0) is 18.1. The monoisotopic (exact) mass is 342 g/mol. The van der Waals surface area contributed by atoms with Crippen LogP contribution in [-0.2, 0) is 17.4 Å². The van der Waals surface area contributed by atoms with Crippen molar-refractivity contribution in [2.75, 3.05) is 5.32 Å². The second-order valence-corrected chi connectivity index (χ2v) is 5.07. The third kappa shape index (κ3) is 3.89.